The van der Waals surface area contributed by atoms with Crippen LogP contribution in [-0.2, 0) is 14.3 Å². The number of carbonyl (C=O) groups is 1. The van der Waals surface area contributed by atoms with Crippen LogP contribution in [0.2, 0.25) is 0 Å². The van der Waals surface area contributed by atoms with Crippen LogP contribution < -0.4 is 11.1 Å². The van der Waals surface area contributed by atoms with Crippen molar-refractivity contribution < 1.29 is 14.3 Å². The number of nitrogens with one attached hydrogen (secondary N) is 1. The van der Waals surface area contributed by atoms with E-state index in [-0.39, 0.29) is 12.0 Å². The number of carbonyl (C=O) groups excluding carboxylic acids is 1. The van der Waals surface area contributed by atoms with Crippen molar-refractivity contribution in [1.29, 1.82) is 0 Å². The molecule has 5 nitrogen and oxygen atoms in total. The van der Waals surface area contributed by atoms with Gasteiger partial charge in [-0.25, -0.2) is 0 Å². The zero-order valence-corrected chi connectivity index (χ0v) is 11.5. The largest absolute Gasteiger partial charge is 0.379 e. The maximum absolute atomic E-state index is 11.5. The molecule has 2 unspecified atom stereocenters. The molecule has 1 saturated heterocycles. The van der Waals surface area contributed by atoms with Crippen LogP contribution in [0.3, 0.4) is 0 Å². The molecule has 106 valence electrons. The molecule has 0 aliphatic carbocycles. The Morgan fingerprint density at radius 1 is 1.61 bits per heavy atom. The van der Waals surface area contributed by atoms with Crippen molar-refractivity contribution in [3.8, 4) is 0 Å². The van der Waals surface area contributed by atoms with Gasteiger partial charge in [0.05, 0.1) is 18.2 Å². The summed E-state index contributed by atoms with van der Waals surface area (Å²) in [5, 5.41) is 3.19. The number of rotatable bonds is 9. The zero-order chi connectivity index (χ0) is 13.4. The first-order valence-corrected chi connectivity index (χ1v) is 6.83. The molecule has 1 rings (SSSR count). The SMILES string of the molecule is CCCNC(C)(CCOCC1CCCO1)C(N)=O. The lowest BCUT2D eigenvalue weighted by atomic mass is 9.97. The third-order valence-electron chi connectivity index (χ3n) is 3.38. The smallest absolute Gasteiger partial charge is 0.237 e. The molecule has 5 heteroatoms. The fourth-order valence-electron chi connectivity index (χ4n) is 1.97. The topological polar surface area (TPSA) is 73.6 Å². The number of primary amides is 1. The Morgan fingerprint density at radius 2 is 2.39 bits per heavy atom. The maximum atomic E-state index is 11.5. The Morgan fingerprint density at radius 3 is 2.94 bits per heavy atom. The third-order valence-corrected chi connectivity index (χ3v) is 3.38. The van der Waals surface area contributed by atoms with Crippen LogP contribution >= 0.6 is 0 Å². The molecule has 0 aromatic rings. The molecule has 2 atom stereocenters. The summed E-state index contributed by atoms with van der Waals surface area (Å²) in [6.07, 6.45) is 3.98. The van der Waals surface area contributed by atoms with Crippen molar-refractivity contribution in [2.75, 3.05) is 26.4 Å². The molecule has 3 N–H and O–H groups in total. The Balaban J connectivity index is 2.21. The van der Waals surface area contributed by atoms with Crippen molar-refractivity contribution in [2.24, 2.45) is 5.73 Å². The van der Waals surface area contributed by atoms with Crippen LogP contribution in [0.15, 0.2) is 0 Å². The van der Waals surface area contributed by atoms with Crippen LogP contribution in [0.5, 0.6) is 0 Å². The molecule has 0 aromatic carbocycles. The monoisotopic (exact) mass is 258 g/mol. The van der Waals surface area contributed by atoms with Gasteiger partial charge in [0.15, 0.2) is 0 Å². The zero-order valence-electron chi connectivity index (χ0n) is 11.5. The highest BCUT2D eigenvalue weighted by Crippen LogP contribution is 2.13. The molecule has 18 heavy (non-hydrogen) atoms. The van der Waals surface area contributed by atoms with E-state index in [9.17, 15) is 4.79 Å². The molecule has 1 heterocycles. The molecule has 0 radical (unpaired) electrons. The lowest BCUT2D eigenvalue weighted by molar-refractivity contribution is -0.124. The Bertz CT molecular complexity index is 255. The third kappa shape index (κ3) is 4.92. The van der Waals surface area contributed by atoms with Gasteiger partial charge >= 0.3 is 0 Å². The molecule has 0 bridgehead atoms. The highest BCUT2D eigenvalue weighted by molar-refractivity contribution is 5.84. The Kier molecular flexibility index (Phi) is 6.60. The van der Waals surface area contributed by atoms with Crippen molar-refractivity contribution in [3.05, 3.63) is 0 Å². The maximum Gasteiger partial charge on any atom is 0.237 e. The molecule has 0 spiro atoms. The quantitative estimate of drug-likeness (QED) is 0.600. The van der Waals surface area contributed by atoms with Crippen molar-refractivity contribution >= 4 is 5.91 Å². The van der Waals surface area contributed by atoms with Crippen molar-refractivity contribution in [1.82, 2.24) is 5.32 Å². The summed E-state index contributed by atoms with van der Waals surface area (Å²) in [7, 11) is 0. The minimum Gasteiger partial charge on any atom is -0.379 e. The van der Waals surface area contributed by atoms with Gasteiger partial charge in [0.25, 0.3) is 0 Å². The number of amides is 1. The summed E-state index contributed by atoms with van der Waals surface area (Å²) in [4.78, 5) is 11.5. The second-order valence-electron chi connectivity index (χ2n) is 5.08. The molecular formula is C13H26N2O3. The highest BCUT2D eigenvalue weighted by Gasteiger charge is 2.29. The first-order chi connectivity index (χ1) is 8.58. The van der Waals surface area contributed by atoms with E-state index in [1.54, 1.807) is 0 Å². The molecule has 1 amide bonds. The number of nitrogens with two attached hydrogens (primary N) is 1. The van der Waals surface area contributed by atoms with Gasteiger partial charge in [-0.15, -0.1) is 0 Å². The molecule has 1 fully saturated rings. The summed E-state index contributed by atoms with van der Waals surface area (Å²) in [5.74, 6) is -0.323. The summed E-state index contributed by atoms with van der Waals surface area (Å²) in [5.41, 5.74) is 4.76. The van der Waals surface area contributed by atoms with Gasteiger partial charge in [-0.2, -0.15) is 0 Å². The normalized spacial score (nSPS) is 22.9. The minimum atomic E-state index is -0.674. The van der Waals surface area contributed by atoms with Gasteiger partial charge in [0, 0.05) is 13.2 Å². The van der Waals surface area contributed by atoms with E-state index in [0.717, 1.165) is 32.4 Å². The number of ether oxygens (including phenoxy) is 2. The fourth-order valence-corrected chi connectivity index (χ4v) is 1.97. The van der Waals surface area contributed by atoms with E-state index in [2.05, 4.69) is 12.2 Å². The first kappa shape index (κ1) is 15.4. The predicted molar refractivity (Wildman–Crippen MR) is 70.3 cm³/mol. The molecule has 0 aromatic heterocycles. The summed E-state index contributed by atoms with van der Waals surface area (Å²) in [6, 6.07) is 0. The summed E-state index contributed by atoms with van der Waals surface area (Å²) >= 11 is 0. The van der Waals surface area contributed by atoms with Gasteiger partial charge in [0.2, 0.25) is 5.91 Å². The van der Waals surface area contributed by atoms with Crippen LogP contribution in [0.1, 0.15) is 39.5 Å². The van der Waals surface area contributed by atoms with Gasteiger partial charge in [0.1, 0.15) is 0 Å². The predicted octanol–water partition coefficient (Wildman–Crippen LogP) is 0.816. The van der Waals surface area contributed by atoms with Crippen molar-refractivity contribution in [2.45, 2.75) is 51.2 Å². The average molecular weight is 258 g/mol. The first-order valence-electron chi connectivity index (χ1n) is 6.83. The van der Waals surface area contributed by atoms with Crippen LogP contribution in [0.4, 0.5) is 0 Å². The van der Waals surface area contributed by atoms with E-state index < -0.39 is 5.54 Å². The second kappa shape index (κ2) is 7.71. The molecular weight excluding hydrogens is 232 g/mol. The number of hydrogen-bond acceptors (Lipinski definition) is 4. The van der Waals surface area contributed by atoms with E-state index in [1.807, 2.05) is 6.92 Å². The van der Waals surface area contributed by atoms with Crippen molar-refractivity contribution in [3.63, 3.8) is 0 Å². The van der Waals surface area contributed by atoms with Gasteiger partial charge in [-0.3, -0.25) is 4.79 Å². The van der Waals surface area contributed by atoms with E-state index in [0.29, 0.717) is 19.6 Å². The van der Waals surface area contributed by atoms with Crippen LogP contribution in [0, 0.1) is 0 Å². The molecule has 1 aliphatic heterocycles. The van der Waals surface area contributed by atoms with Gasteiger partial charge in [-0.1, -0.05) is 6.92 Å². The molecule has 1 aliphatic rings. The van der Waals surface area contributed by atoms with E-state index >= 15 is 0 Å². The lowest BCUT2D eigenvalue weighted by Gasteiger charge is -2.27. The lowest BCUT2D eigenvalue weighted by Crippen LogP contribution is -2.54. The summed E-state index contributed by atoms with van der Waals surface area (Å²) in [6.45, 7) is 6.65. The van der Waals surface area contributed by atoms with Crippen LogP contribution in [-0.4, -0.2) is 43.9 Å². The second-order valence-corrected chi connectivity index (χ2v) is 5.08. The number of hydrogen-bond donors (Lipinski definition) is 2. The Hall–Kier alpha value is -0.650. The average Bonchev–Trinajstić information content (AvgIpc) is 2.85. The van der Waals surface area contributed by atoms with Crippen LogP contribution in [0.25, 0.3) is 0 Å². The van der Waals surface area contributed by atoms with E-state index in [1.165, 1.54) is 0 Å². The standard InChI is InChI=1S/C13H26N2O3/c1-3-7-15-13(2,12(14)16)6-9-17-10-11-5-4-8-18-11/h11,15H,3-10H2,1-2H3,(H2,14,16). The van der Waals surface area contributed by atoms with Gasteiger partial charge < -0.3 is 20.5 Å². The molecule has 0 saturated carbocycles. The fraction of sp³-hybridized carbons (Fsp3) is 0.923. The van der Waals surface area contributed by atoms with Gasteiger partial charge in [-0.05, 0) is 39.2 Å². The highest BCUT2D eigenvalue weighted by atomic mass is 16.5. The summed E-state index contributed by atoms with van der Waals surface area (Å²) < 4.78 is 11.0. The minimum absolute atomic E-state index is 0.230. The van der Waals surface area contributed by atoms with E-state index in [4.69, 9.17) is 15.2 Å². The Labute approximate surface area is 109 Å².